The number of hydrogen-bond donors (Lipinski definition) is 0. The van der Waals surface area contributed by atoms with Gasteiger partial charge in [-0.05, 0) is 70.0 Å². The Morgan fingerprint density at radius 1 is 1.12 bits per heavy atom. The van der Waals surface area contributed by atoms with Gasteiger partial charge in [-0.15, -0.1) is 0 Å². The van der Waals surface area contributed by atoms with Crippen molar-refractivity contribution in [1.82, 2.24) is 29.3 Å². The van der Waals surface area contributed by atoms with Crippen LogP contribution in [0.15, 0.2) is 60.4 Å². The van der Waals surface area contributed by atoms with Gasteiger partial charge in [-0.1, -0.05) is 13.0 Å². The molecule has 33 heavy (non-hydrogen) atoms. The van der Waals surface area contributed by atoms with Crippen molar-refractivity contribution in [3.8, 4) is 0 Å². The average molecular weight is 445 g/mol. The minimum absolute atomic E-state index is 0.0285. The molecule has 1 amide bonds. The molecular formula is C26H32N6O. The van der Waals surface area contributed by atoms with E-state index in [4.69, 9.17) is 5.10 Å². The summed E-state index contributed by atoms with van der Waals surface area (Å²) in [7, 11) is 4.31. The third-order valence-corrected chi connectivity index (χ3v) is 7.02. The molecule has 7 heteroatoms. The highest BCUT2D eigenvalue weighted by Gasteiger charge is 2.27. The molecule has 0 spiro atoms. The summed E-state index contributed by atoms with van der Waals surface area (Å²) in [5.41, 5.74) is 5.70. The van der Waals surface area contributed by atoms with Gasteiger partial charge in [0.2, 0.25) is 0 Å². The van der Waals surface area contributed by atoms with Gasteiger partial charge in [0.05, 0.1) is 35.0 Å². The van der Waals surface area contributed by atoms with Gasteiger partial charge in [-0.2, -0.15) is 5.10 Å². The molecule has 0 aromatic carbocycles. The van der Waals surface area contributed by atoms with Crippen LogP contribution in [-0.4, -0.2) is 68.4 Å². The van der Waals surface area contributed by atoms with Crippen molar-refractivity contribution in [2.75, 3.05) is 27.2 Å². The van der Waals surface area contributed by atoms with Crippen LogP contribution in [0.5, 0.6) is 0 Å². The molecule has 172 valence electrons. The quantitative estimate of drug-likeness (QED) is 0.724. The fraction of sp³-hybridized carbons (Fsp3) is 0.423. The number of likely N-dealkylation sites (tertiary alicyclic amines) is 1. The predicted molar refractivity (Wildman–Crippen MR) is 130 cm³/mol. The van der Waals surface area contributed by atoms with Crippen molar-refractivity contribution in [2.45, 2.75) is 39.2 Å². The molecule has 1 atom stereocenters. The van der Waals surface area contributed by atoms with Crippen LogP contribution in [0.3, 0.4) is 0 Å². The second-order valence-corrected chi connectivity index (χ2v) is 9.57. The number of carbonyl (C=O) groups is 1. The second kappa shape index (κ2) is 8.63. The summed E-state index contributed by atoms with van der Waals surface area (Å²) in [6, 6.07) is 2.64. The van der Waals surface area contributed by atoms with Crippen molar-refractivity contribution in [1.29, 1.82) is 0 Å². The first kappa shape index (κ1) is 21.6. The number of nitrogens with zero attached hydrogens (tertiary/aromatic N) is 6. The summed E-state index contributed by atoms with van der Waals surface area (Å²) < 4.78 is 1.84. The zero-order chi connectivity index (χ0) is 23.1. The van der Waals surface area contributed by atoms with Crippen LogP contribution in [0.4, 0.5) is 0 Å². The highest BCUT2D eigenvalue weighted by Crippen LogP contribution is 2.32. The van der Waals surface area contributed by atoms with Crippen molar-refractivity contribution in [2.24, 2.45) is 5.92 Å². The van der Waals surface area contributed by atoms with Crippen molar-refractivity contribution in [3.05, 3.63) is 71.7 Å². The maximum absolute atomic E-state index is 13.4. The normalized spacial score (nSPS) is 22.2. The molecule has 0 saturated carbocycles. The maximum atomic E-state index is 13.4. The number of aromatic nitrogens is 3. The summed E-state index contributed by atoms with van der Waals surface area (Å²) in [5.74, 6) is 0.158. The number of rotatable bonds is 3. The van der Waals surface area contributed by atoms with Gasteiger partial charge in [0, 0.05) is 37.1 Å². The lowest BCUT2D eigenvalue weighted by atomic mass is 9.92. The number of amides is 1. The van der Waals surface area contributed by atoms with Crippen LogP contribution < -0.4 is 0 Å². The minimum atomic E-state index is -0.0285. The molecule has 0 radical (unpaired) electrons. The third-order valence-electron chi connectivity index (χ3n) is 7.02. The second-order valence-electron chi connectivity index (χ2n) is 9.57. The topological polar surface area (TPSA) is 57.0 Å². The lowest BCUT2D eigenvalue weighted by Crippen LogP contribution is -2.42. The van der Waals surface area contributed by atoms with Gasteiger partial charge in [0.25, 0.3) is 5.91 Å². The molecule has 3 aliphatic heterocycles. The van der Waals surface area contributed by atoms with Gasteiger partial charge in [-0.3, -0.25) is 14.7 Å². The molecule has 2 aromatic heterocycles. The number of aryl methyl sites for hydroxylation is 1. The first-order chi connectivity index (χ1) is 15.9. The van der Waals surface area contributed by atoms with Crippen molar-refractivity contribution >= 4 is 17.0 Å². The van der Waals surface area contributed by atoms with Gasteiger partial charge >= 0.3 is 0 Å². The lowest BCUT2D eigenvalue weighted by molar-refractivity contribution is -0.122. The Morgan fingerprint density at radius 3 is 2.64 bits per heavy atom. The molecule has 1 fully saturated rings. The van der Waals surface area contributed by atoms with Crippen LogP contribution in [0.1, 0.15) is 37.6 Å². The van der Waals surface area contributed by atoms with E-state index in [-0.39, 0.29) is 11.8 Å². The molecule has 2 aromatic rings. The standard InChI is InChI=1S/C26H32N6O/c1-18-5-6-21-7-8-22(30-11-9-20(10-12-30)29(3)4)17-31(21)26(33)14-24(18)25-13-23-15-27-19(2)16-32(23)28-25/h6-8,13-18,20H,5,9-12H2,1-4H3. The largest absolute Gasteiger partial charge is 0.370 e. The van der Waals surface area contributed by atoms with Crippen molar-refractivity contribution in [3.63, 3.8) is 0 Å². The van der Waals surface area contributed by atoms with E-state index in [1.54, 1.807) is 11.0 Å². The predicted octanol–water partition coefficient (Wildman–Crippen LogP) is 3.61. The molecule has 0 bridgehead atoms. The molecule has 3 aliphatic rings. The van der Waals surface area contributed by atoms with Crippen molar-refractivity contribution < 1.29 is 4.79 Å². The first-order valence-corrected chi connectivity index (χ1v) is 11.8. The highest BCUT2D eigenvalue weighted by atomic mass is 16.2. The minimum Gasteiger partial charge on any atom is -0.370 e. The van der Waals surface area contributed by atoms with E-state index < -0.39 is 0 Å². The Labute approximate surface area is 195 Å². The monoisotopic (exact) mass is 444 g/mol. The summed E-state index contributed by atoms with van der Waals surface area (Å²) >= 11 is 0. The van der Waals surface area contributed by atoms with E-state index in [0.717, 1.165) is 66.2 Å². The molecular weight excluding hydrogens is 412 g/mol. The van der Waals surface area contributed by atoms with Crippen LogP contribution in [0, 0.1) is 12.8 Å². The van der Waals surface area contributed by atoms with Gasteiger partial charge < -0.3 is 9.80 Å². The Bertz CT molecular complexity index is 1190. The number of piperidine rings is 1. The Morgan fingerprint density at radius 2 is 1.88 bits per heavy atom. The molecule has 0 N–H and O–H groups in total. The third kappa shape index (κ3) is 4.25. The van der Waals surface area contributed by atoms with Crippen LogP contribution in [0.2, 0.25) is 0 Å². The number of allylic oxidation sites excluding steroid dienone is 4. The molecule has 5 rings (SSSR count). The highest BCUT2D eigenvalue weighted by molar-refractivity contribution is 5.97. The van der Waals surface area contributed by atoms with Crippen LogP contribution >= 0.6 is 0 Å². The molecule has 7 nitrogen and oxygen atoms in total. The summed E-state index contributed by atoms with van der Waals surface area (Å²) in [4.78, 5) is 24.3. The van der Waals surface area contributed by atoms with Gasteiger partial charge in [0.15, 0.2) is 0 Å². The van der Waals surface area contributed by atoms with E-state index >= 15 is 0 Å². The molecule has 1 unspecified atom stereocenters. The van der Waals surface area contributed by atoms with Crippen LogP contribution in [0.25, 0.3) is 11.1 Å². The molecule has 0 aliphatic carbocycles. The summed E-state index contributed by atoms with van der Waals surface area (Å²) in [6.07, 6.45) is 17.0. The SMILES string of the molecule is Cc1cn2nc(C3=CC(=O)N4C=C(N5CCC(N(C)C)CC5)C=CC4=CCC3C)cc2cn1. The number of hydrogen-bond acceptors (Lipinski definition) is 5. The average Bonchev–Trinajstić information content (AvgIpc) is 3.22. The Balaban J connectivity index is 1.42. The maximum Gasteiger partial charge on any atom is 0.255 e. The fourth-order valence-electron chi connectivity index (χ4n) is 4.91. The van der Waals surface area contributed by atoms with E-state index in [2.05, 4.69) is 54.0 Å². The van der Waals surface area contributed by atoms with E-state index in [1.165, 1.54) is 0 Å². The smallest absolute Gasteiger partial charge is 0.255 e. The number of fused-ring (bicyclic) bond motifs is 2. The first-order valence-electron chi connectivity index (χ1n) is 11.8. The molecule has 5 heterocycles. The Hall–Kier alpha value is -3.19. The number of carbonyl (C=O) groups excluding carboxylic acids is 1. The van der Waals surface area contributed by atoms with Gasteiger partial charge in [-0.25, -0.2) is 4.52 Å². The molecule has 1 saturated heterocycles. The fourth-order valence-corrected chi connectivity index (χ4v) is 4.91. The lowest BCUT2D eigenvalue weighted by Gasteiger charge is -2.38. The summed E-state index contributed by atoms with van der Waals surface area (Å²) in [6.45, 7) is 6.12. The van der Waals surface area contributed by atoms with Gasteiger partial charge in [0.1, 0.15) is 0 Å². The van der Waals surface area contributed by atoms with Crippen LogP contribution in [-0.2, 0) is 4.79 Å². The van der Waals surface area contributed by atoms with E-state index in [0.29, 0.717) is 6.04 Å². The van der Waals surface area contributed by atoms with E-state index in [9.17, 15) is 4.79 Å². The van der Waals surface area contributed by atoms with E-state index in [1.807, 2.05) is 36.1 Å². The zero-order valence-corrected chi connectivity index (χ0v) is 19.9. The Kier molecular flexibility index (Phi) is 5.66. The summed E-state index contributed by atoms with van der Waals surface area (Å²) in [5, 5.41) is 4.74. The zero-order valence-electron chi connectivity index (χ0n) is 19.9.